The van der Waals surface area contributed by atoms with Gasteiger partial charge in [0.2, 0.25) is 0 Å². The topological polar surface area (TPSA) is 51.7 Å². The van der Waals surface area contributed by atoms with Gasteiger partial charge in [0.05, 0.1) is 24.1 Å². The molecule has 1 fully saturated rings. The summed E-state index contributed by atoms with van der Waals surface area (Å²) < 4.78 is 17.3. The van der Waals surface area contributed by atoms with E-state index in [9.17, 15) is 4.79 Å². The molecule has 0 aliphatic carbocycles. The maximum absolute atomic E-state index is 11.5. The highest BCUT2D eigenvalue weighted by atomic mass is 32.1. The van der Waals surface area contributed by atoms with E-state index in [1.165, 1.54) is 28.6 Å². The average molecular weight is 439 g/mol. The second-order valence-electron chi connectivity index (χ2n) is 8.16. The van der Waals surface area contributed by atoms with Crippen molar-refractivity contribution in [3.8, 4) is 11.5 Å². The van der Waals surface area contributed by atoms with Crippen LogP contribution in [0.5, 0.6) is 11.5 Å². The Morgan fingerprint density at radius 3 is 2.71 bits per heavy atom. The van der Waals surface area contributed by atoms with E-state index >= 15 is 0 Å². The third-order valence-corrected chi connectivity index (χ3v) is 6.92. The summed E-state index contributed by atoms with van der Waals surface area (Å²) in [6, 6.07) is 13.9. The Morgan fingerprint density at radius 1 is 1.13 bits per heavy atom. The first kappa shape index (κ1) is 21.8. The van der Waals surface area contributed by atoms with E-state index in [-0.39, 0.29) is 5.78 Å². The minimum Gasteiger partial charge on any atom is -0.493 e. The van der Waals surface area contributed by atoms with E-state index in [4.69, 9.17) is 13.8 Å². The van der Waals surface area contributed by atoms with Crippen LogP contribution >= 0.6 is 11.5 Å². The van der Waals surface area contributed by atoms with Gasteiger partial charge in [-0.2, -0.15) is 4.37 Å². The monoisotopic (exact) mass is 438 g/mol. The molecule has 4 rings (SSSR count). The first-order valence-corrected chi connectivity index (χ1v) is 11.8. The fourth-order valence-electron chi connectivity index (χ4n) is 4.26. The normalized spacial score (nSPS) is 15.3. The lowest BCUT2D eigenvalue weighted by atomic mass is 9.91. The number of benzene rings is 2. The number of ether oxygens (including phenoxy) is 2. The van der Waals surface area contributed by atoms with Crippen LogP contribution in [0.2, 0.25) is 0 Å². The molecule has 0 amide bonds. The van der Waals surface area contributed by atoms with E-state index in [2.05, 4.69) is 29.2 Å². The maximum Gasteiger partial charge on any atom is 0.161 e. The summed E-state index contributed by atoms with van der Waals surface area (Å²) in [6.45, 7) is 5.58. The largest absolute Gasteiger partial charge is 0.493 e. The number of aromatic nitrogens is 1. The Bertz CT molecular complexity index is 1020. The fraction of sp³-hybridized carbons (Fsp3) is 0.440. The highest BCUT2D eigenvalue weighted by Crippen LogP contribution is 2.34. The lowest BCUT2D eigenvalue weighted by Gasteiger charge is -2.31. The number of Topliss-reactive ketones (excluding diaryl/α,β-unsaturated/α-hetero) is 1. The molecule has 0 unspecified atom stereocenters. The lowest BCUT2D eigenvalue weighted by molar-refractivity contribution is 0.101. The molecule has 1 aliphatic rings. The van der Waals surface area contributed by atoms with E-state index < -0.39 is 0 Å². The molecule has 1 aliphatic heterocycles. The van der Waals surface area contributed by atoms with Crippen LogP contribution in [0.25, 0.3) is 10.1 Å². The molecule has 0 atom stereocenters. The second-order valence-corrected chi connectivity index (χ2v) is 8.96. The summed E-state index contributed by atoms with van der Waals surface area (Å²) in [7, 11) is 1.60. The zero-order valence-electron chi connectivity index (χ0n) is 18.3. The lowest BCUT2D eigenvalue weighted by Crippen LogP contribution is -2.33. The third kappa shape index (κ3) is 5.25. The van der Waals surface area contributed by atoms with Gasteiger partial charge >= 0.3 is 0 Å². The van der Waals surface area contributed by atoms with Gasteiger partial charge in [-0.15, -0.1) is 0 Å². The van der Waals surface area contributed by atoms with Gasteiger partial charge in [0, 0.05) is 16.9 Å². The third-order valence-electron chi connectivity index (χ3n) is 6.08. The van der Waals surface area contributed by atoms with Crippen LogP contribution in [0.3, 0.4) is 0 Å². The minimum absolute atomic E-state index is 0.0246. The predicted molar refractivity (Wildman–Crippen MR) is 126 cm³/mol. The van der Waals surface area contributed by atoms with E-state index in [1.807, 2.05) is 6.07 Å². The predicted octanol–water partition coefficient (Wildman–Crippen LogP) is 5.55. The van der Waals surface area contributed by atoms with Crippen molar-refractivity contribution in [3.63, 3.8) is 0 Å². The molecule has 0 N–H and O–H groups in total. The number of rotatable bonds is 9. The molecule has 1 saturated heterocycles. The number of ketones is 1. The SMILES string of the molecule is COc1cc(C(C)=O)ccc1OCCCCN1CCC(c2nsc3ccccc23)CC1. The molecule has 3 aromatic rings. The zero-order chi connectivity index (χ0) is 21.6. The quantitative estimate of drug-likeness (QED) is 0.324. The van der Waals surface area contributed by atoms with Gasteiger partial charge in [0.15, 0.2) is 17.3 Å². The standard InChI is InChI=1S/C25H30N2O3S/c1-18(28)20-9-10-22(23(17-20)29-2)30-16-6-5-13-27-14-11-19(12-15-27)25-21-7-3-4-8-24(21)31-26-25/h3-4,7-10,17,19H,5-6,11-16H2,1-2H3. The van der Waals surface area contributed by atoms with Gasteiger partial charge in [0.1, 0.15) is 0 Å². The second kappa shape index (κ2) is 10.2. The molecule has 2 heterocycles. The van der Waals surface area contributed by atoms with Crippen molar-refractivity contribution >= 4 is 27.4 Å². The van der Waals surface area contributed by atoms with Gasteiger partial charge in [-0.25, -0.2) is 0 Å². The molecule has 164 valence electrons. The number of hydrogen-bond donors (Lipinski definition) is 0. The number of unbranched alkanes of at least 4 members (excludes halogenated alkanes) is 1. The summed E-state index contributed by atoms with van der Waals surface area (Å²) >= 11 is 1.63. The number of nitrogens with zero attached hydrogens (tertiary/aromatic N) is 2. The van der Waals surface area contributed by atoms with Crippen molar-refractivity contribution in [2.75, 3.05) is 33.4 Å². The van der Waals surface area contributed by atoms with Gasteiger partial charge < -0.3 is 14.4 Å². The summed E-state index contributed by atoms with van der Waals surface area (Å²) in [5.41, 5.74) is 1.94. The molecule has 2 aromatic carbocycles. The molecule has 0 bridgehead atoms. The van der Waals surface area contributed by atoms with Crippen LogP contribution in [0.4, 0.5) is 0 Å². The number of methoxy groups -OCH3 is 1. The first-order chi connectivity index (χ1) is 15.2. The van der Waals surface area contributed by atoms with Gasteiger partial charge in [-0.1, -0.05) is 18.2 Å². The molecule has 5 nitrogen and oxygen atoms in total. The van der Waals surface area contributed by atoms with Crippen molar-refractivity contribution < 1.29 is 14.3 Å². The number of fused-ring (bicyclic) bond motifs is 1. The first-order valence-electron chi connectivity index (χ1n) is 11.0. The van der Waals surface area contributed by atoms with Crippen LogP contribution in [0.1, 0.15) is 54.6 Å². The molecular formula is C25H30N2O3S. The van der Waals surface area contributed by atoms with Crippen molar-refractivity contribution in [1.29, 1.82) is 0 Å². The molecule has 0 spiro atoms. The number of hydrogen-bond acceptors (Lipinski definition) is 6. The summed E-state index contributed by atoms with van der Waals surface area (Å²) in [4.78, 5) is 14.1. The van der Waals surface area contributed by atoms with Gasteiger partial charge in [0.25, 0.3) is 0 Å². The molecular weight excluding hydrogens is 408 g/mol. The Balaban J connectivity index is 1.18. The summed E-state index contributed by atoms with van der Waals surface area (Å²) in [5, 5.41) is 1.34. The van der Waals surface area contributed by atoms with E-state index in [1.54, 1.807) is 37.7 Å². The molecule has 6 heteroatoms. The van der Waals surface area contributed by atoms with Gasteiger partial charge in [-0.05, 0) is 88.0 Å². The van der Waals surface area contributed by atoms with Crippen LogP contribution < -0.4 is 9.47 Å². The molecule has 31 heavy (non-hydrogen) atoms. The van der Waals surface area contributed by atoms with Gasteiger partial charge in [-0.3, -0.25) is 4.79 Å². The van der Waals surface area contributed by atoms with Crippen molar-refractivity contribution in [3.05, 3.63) is 53.7 Å². The Kier molecular flexibility index (Phi) is 7.20. The number of likely N-dealkylation sites (tertiary alicyclic amines) is 1. The Labute approximate surface area is 188 Å². The number of carbonyl (C=O) groups excluding carboxylic acids is 1. The van der Waals surface area contributed by atoms with Crippen molar-refractivity contribution in [1.82, 2.24) is 9.27 Å². The van der Waals surface area contributed by atoms with E-state index in [0.29, 0.717) is 29.6 Å². The highest BCUT2D eigenvalue weighted by molar-refractivity contribution is 7.13. The zero-order valence-corrected chi connectivity index (χ0v) is 19.1. The van der Waals surface area contributed by atoms with Crippen molar-refractivity contribution in [2.45, 2.75) is 38.5 Å². The Hall–Kier alpha value is -2.44. The Morgan fingerprint density at radius 2 is 1.94 bits per heavy atom. The molecule has 0 saturated carbocycles. The minimum atomic E-state index is 0.0246. The van der Waals surface area contributed by atoms with Crippen LogP contribution in [0.15, 0.2) is 42.5 Å². The van der Waals surface area contributed by atoms with E-state index in [0.717, 1.165) is 32.5 Å². The van der Waals surface area contributed by atoms with Crippen LogP contribution in [-0.2, 0) is 0 Å². The van der Waals surface area contributed by atoms with Crippen molar-refractivity contribution in [2.24, 2.45) is 0 Å². The highest BCUT2D eigenvalue weighted by Gasteiger charge is 2.23. The van der Waals surface area contributed by atoms with Crippen LogP contribution in [0, 0.1) is 0 Å². The molecule has 1 aromatic heterocycles. The summed E-state index contributed by atoms with van der Waals surface area (Å²) in [6.07, 6.45) is 4.47. The average Bonchev–Trinajstić information content (AvgIpc) is 3.23. The van der Waals surface area contributed by atoms with Crippen LogP contribution in [-0.4, -0.2) is 48.4 Å². The molecule has 0 radical (unpaired) electrons. The maximum atomic E-state index is 11.5. The summed E-state index contributed by atoms with van der Waals surface area (Å²) in [5.74, 6) is 1.92. The number of piperidine rings is 1. The smallest absolute Gasteiger partial charge is 0.161 e. The fourth-order valence-corrected chi connectivity index (χ4v) is 5.11. The number of carbonyl (C=O) groups is 1.